The summed E-state index contributed by atoms with van der Waals surface area (Å²) < 4.78 is 0. The summed E-state index contributed by atoms with van der Waals surface area (Å²) in [6.45, 7) is 6.13. The van der Waals surface area contributed by atoms with Gasteiger partial charge in [0.15, 0.2) is 0 Å². The monoisotopic (exact) mass is 460 g/mol. The third-order valence-corrected chi connectivity index (χ3v) is 6.19. The van der Waals surface area contributed by atoms with E-state index in [0.717, 1.165) is 67.6 Å². The smallest absolute Gasteiger partial charge is 0.116 e. The number of hydrogen-bond acceptors (Lipinski definition) is 3. The molecule has 0 aliphatic carbocycles. The van der Waals surface area contributed by atoms with Gasteiger partial charge in [0.05, 0.1) is 17.1 Å². The fourth-order valence-corrected chi connectivity index (χ4v) is 4.38. The summed E-state index contributed by atoms with van der Waals surface area (Å²) in [6.07, 6.45) is 13.1. The van der Waals surface area contributed by atoms with Crippen LogP contribution < -0.4 is 10.7 Å². The van der Waals surface area contributed by atoms with E-state index >= 15 is 0 Å². The van der Waals surface area contributed by atoms with E-state index in [4.69, 9.17) is 9.97 Å². The van der Waals surface area contributed by atoms with Crippen LogP contribution in [-0.4, -0.2) is 25.0 Å². The Labute approximate surface area is 204 Å². The standard InChI is InChI=1S/C30H28N4O/c1-4-21-17-22-9-7-11-28(33-22)30(20-8-6-10-25(35)16-20)29-15-13-24(34-29)18-23-12-14-27(32-23)19(3)26(5-2)31-21/h4-8,10-18,31,34-35H,9H2,1-3H3/b21-4-,22-17?,24-18?,26-5-,27-19?,30-29?. The number of phenolic OH excluding ortho intramolecular Hbond substituents is 1. The van der Waals surface area contributed by atoms with Crippen molar-refractivity contribution in [3.63, 3.8) is 0 Å². The number of aromatic hydroxyl groups is 1. The third-order valence-electron chi connectivity index (χ3n) is 6.19. The molecule has 0 saturated carbocycles. The SMILES string of the molecule is C/C=c1/cc2nc(c(-c3cccc(O)c3)c3ccc(cc4nc(c(C)/c(=C/C)[nH]1)C=C4)[nH]3)C=CC2. The van der Waals surface area contributed by atoms with Crippen LogP contribution in [-0.2, 0) is 6.42 Å². The van der Waals surface area contributed by atoms with Gasteiger partial charge in [-0.25, -0.2) is 4.98 Å². The van der Waals surface area contributed by atoms with Gasteiger partial charge in [0.1, 0.15) is 5.75 Å². The lowest BCUT2D eigenvalue weighted by Gasteiger charge is -2.09. The predicted molar refractivity (Wildman–Crippen MR) is 145 cm³/mol. The minimum absolute atomic E-state index is 0.219. The van der Waals surface area contributed by atoms with E-state index in [9.17, 15) is 5.11 Å². The van der Waals surface area contributed by atoms with Crippen LogP contribution in [0, 0.1) is 6.92 Å². The second-order valence-electron chi connectivity index (χ2n) is 8.59. The predicted octanol–water partition coefficient (Wildman–Crippen LogP) is 5.43. The van der Waals surface area contributed by atoms with Gasteiger partial charge >= 0.3 is 0 Å². The average molecular weight is 461 g/mol. The number of H-pyrrole nitrogens is 2. The van der Waals surface area contributed by atoms with Crippen LogP contribution in [0.4, 0.5) is 0 Å². The first-order valence-electron chi connectivity index (χ1n) is 11.8. The molecule has 4 heterocycles. The fourth-order valence-electron chi connectivity index (χ4n) is 4.38. The molecule has 2 aliphatic rings. The number of hydrogen-bond donors (Lipinski definition) is 3. The van der Waals surface area contributed by atoms with Crippen molar-refractivity contribution in [2.45, 2.75) is 27.2 Å². The molecule has 5 heteroatoms. The van der Waals surface area contributed by atoms with Gasteiger partial charge in [-0.1, -0.05) is 30.4 Å². The van der Waals surface area contributed by atoms with Crippen molar-refractivity contribution in [1.29, 1.82) is 0 Å². The Kier molecular flexibility index (Phi) is 6.06. The number of aromatic nitrogens is 4. The van der Waals surface area contributed by atoms with Crippen LogP contribution >= 0.6 is 0 Å². The summed E-state index contributed by atoms with van der Waals surface area (Å²) >= 11 is 0. The number of nitrogens with zero attached hydrogens (tertiary/aromatic N) is 2. The van der Waals surface area contributed by atoms with Crippen molar-refractivity contribution in [3.8, 4) is 16.9 Å². The van der Waals surface area contributed by atoms with E-state index in [-0.39, 0.29) is 5.75 Å². The van der Waals surface area contributed by atoms with Gasteiger partial charge in [0.2, 0.25) is 0 Å². The quantitative estimate of drug-likeness (QED) is 0.354. The lowest BCUT2D eigenvalue weighted by molar-refractivity contribution is 0.475. The Bertz CT molecular complexity index is 1670. The van der Waals surface area contributed by atoms with E-state index in [2.05, 4.69) is 53.3 Å². The molecule has 174 valence electrons. The van der Waals surface area contributed by atoms with Crippen molar-refractivity contribution in [3.05, 3.63) is 93.6 Å². The molecule has 0 unspecified atom stereocenters. The first kappa shape index (κ1) is 22.4. The van der Waals surface area contributed by atoms with E-state index in [1.165, 1.54) is 0 Å². The molecule has 3 aromatic rings. The highest BCUT2D eigenvalue weighted by molar-refractivity contribution is 5.88. The first-order chi connectivity index (χ1) is 17.0. The number of rotatable bonds is 1. The normalized spacial score (nSPS) is 13.7. The van der Waals surface area contributed by atoms with Crippen molar-refractivity contribution >= 4 is 41.4 Å². The minimum atomic E-state index is 0.219. The van der Waals surface area contributed by atoms with Crippen LogP contribution in [0.25, 0.3) is 52.5 Å². The Balaban J connectivity index is 1.96. The Hall–Kier alpha value is -4.38. The van der Waals surface area contributed by atoms with Gasteiger partial charge in [-0.2, -0.15) is 0 Å². The number of nitrogens with one attached hydrogen (secondary N) is 2. The van der Waals surface area contributed by atoms with Crippen molar-refractivity contribution in [2.24, 2.45) is 0 Å². The topological polar surface area (TPSA) is 77.6 Å². The molecule has 2 aliphatic heterocycles. The van der Waals surface area contributed by atoms with Crippen molar-refractivity contribution in [2.75, 3.05) is 0 Å². The van der Waals surface area contributed by atoms with Crippen molar-refractivity contribution in [1.82, 2.24) is 19.9 Å². The number of fused-ring (bicyclic) bond motifs is 6. The number of allylic oxidation sites excluding steroid dienone is 1. The van der Waals surface area contributed by atoms with Crippen LogP contribution in [0.3, 0.4) is 0 Å². The zero-order chi connectivity index (χ0) is 24.4. The van der Waals surface area contributed by atoms with E-state index in [1.54, 1.807) is 12.1 Å². The largest absolute Gasteiger partial charge is 0.508 e. The van der Waals surface area contributed by atoms with E-state index in [0.29, 0.717) is 0 Å². The minimum Gasteiger partial charge on any atom is -0.508 e. The summed E-state index contributed by atoms with van der Waals surface area (Å²) in [6, 6.07) is 15.5. The van der Waals surface area contributed by atoms with E-state index in [1.807, 2.05) is 50.3 Å². The molecule has 6 bridgehead atoms. The summed E-state index contributed by atoms with van der Waals surface area (Å²) in [5, 5.41) is 12.2. The molecule has 1 aromatic carbocycles. The zero-order valence-electron chi connectivity index (χ0n) is 20.1. The number of aromatic amines is 2. The zero-order valence-corrected chi connectivity index (χ0v) is 20.1. The third kappa shape index (κ3) is 4.66. The summed E-state index contributed by atoms with van der Waals surface area (Å²) in [5.41, 5.74) is 8.39. The summed E-state index contributed by atoms with van der Waals surface area (Å²) in [7, 11) is 0. The fraction of sp³-hybridized carbons (Fsp3) is 0.133. The summed E-state index contributed by atoms with van der Waals surface area (Å²) in [5.74, 6) is 0.219. The molecule has 0 amide bonds. The molecule has 2 aromatic heterocycles. The van der Waals surface area contributed by atoms with Gasteiger partial charge in [0.25, 0.3) is 0 Å². The summed E-state index contributed by atoms with van der Waals surface area (Å²) in [4.78, 5) is 17.0. The van der Waals surface area contributed by atoms with Crippen LogP contribution in [0.1, 0.15) is 42.2 Å². The lowest BCUT2D eigenvalue weighted by Crippen LogP contribution is -2.19. The molecular formula is C30H28N4O. The maximum absolute atomic E-state index is 10.2. The van der Waals surface area contributed by atoms with Crippen LogP contribution in [0.2, 0.25) is 0 Å². The van der Waals surface area contributed by atoms with Crippen LogP contribution in [0.15, 0.2) is 54.6 Å². The molecule has 5 rings (SSSR count). The highest BCUT2D eigenvalue weighted by Crippen LogP contribution is 2.30. The second-order valence-corrected chi connectivity index (χ2v) is 8.59. The average Bonchev–Trinajstić information content (AvgIpc) is 3.51. The highest BCUT2D eigenvalue weighted by Gasteiger charge is 2.11. The van der Waals surface area contributed by atoms with E-state index < -0.39 is 0 Å². The molecule has 35 heavy (non-hydrogen) atoms. The molecule has 5 nitrogen and oxygen atoms in total. The van der Waals surface area contributed by atoms with Gasteiger partial charge in [-0.3, -0.25) is 4.98 Å². The number of benzene rings is 1. The van der Waals surface area contributed by atoms with Gasteiger partial charge in [0, 0.05) is 39.4 Å². The Morgan fingerprint density at radius 2 is 1.77 bits per heavy atom. The van der Waals surface area contributed by atoms with Gasteiger partial charge < -0.3 is 15.1 Å². The number of phenols is 1. The van der Waals surface area contributed by atoms with Gasteiger partial charge in [-0.15, -0.1) is 0 Å². The molecule has 0 radical (unpaired) electrons. The highest BCUT2D eigenvalue weighted by atomic mass is 16.3. The maximum Gasteiger partial charge on any atom is 0.116 e. The molecule has 0 saturated heterocycles. The Morgan fingerprint density at radius 3 is 2.57 bits per heavy atom. The molecular weight excluding hydrogens is 432 g/mol. The Morgan fingerprint density at radius 1 is 0.886 bits per heavy atom. The molecule has 0 fully saturated rings. The maximum atomic E-state index is 10.2. The van der Waals surface area contributed by atoms with Gasteiger partial charge in [-0.05, 0) is 86.5 Å². The molecule has 0 atom stereocenters. The van der Waals surface area contributed by atoms with Crippen molar-refractivity contribution < 1.29 is 5.11 Å². The molecule has 0 spiro atoms. The van der Waals surface area contributed by atoms with Crippen LogP contribution in [0.5, 0.6) is 5.75 Å². The first-order valence-corrected chi connectivity index (χ1v) is 11.8. The second kappa shape index (κ2) is 9.47. The molecule has 3 N–H and O–H groups in total. The lowest BCUT2D eigenvalue weighted by atomic mass is 10.0.